The molecule has 0 aliphatic carbocycles. The van der Waals surface area contributed by atoms with E-state index in [1.54, 1.807) is 37.6 Å². The zero-order valence-electron chi connectivity index (χ0n) is 16.3. The van der Waals surface area contributed by atoms with E-state index in [0.717, 1.165) is 5.56 Å². The highest BCUT2D eigenvalue weighted by Gasteiger charge is 2.22. The summed E-state index contributed by atoms with van der Waals surface area (Å²) in [6, 6.07) is 18.4. The van der Waals surface area contributed by atoms with E-state index in [-0.39, 0.29) is 12.4 Å². The van der Waals surface area contributed by atoms with Gasteiger partial charge in [-0.2, -0.15) is 0 Å². The Morgan fingerprint density at radius 3 is 2.73 bits per heavy atom. The molecule has 0 saturated carbocycles. The largest absolute Gasteiger partial charge is 0.496 e. The molecule has 2 aromatic heterocycles. The Labute approximate surface area is 172 Å². The van der Waals surface area contributed by atoms with Crippen LogP contribution >= 0.6 is 0 Å². The predicted molar refractivity (Wildman–Crippen MR) is 114 cm³/mol. The van der Waals surface area contributed by atoms with Crippen molar-refractivity contribution in [1.29, 1.82) is 0 Å². The van der Waals surface area contributed by atoms with Gasteiger partial charge in [0.2, 0.25) is 6.79 Å². The first-order valence-electron chi connectivity index (χ1n) is 9.41. The fraction of sp³-hybridized carbons (Fsp3) is 0.0833. The maximum atomic E-state index is 13.5. The lowest BCUT2D eigenvalue weighted by molar-refractivity contribution is 0.174. The number of pyridine rings is 1. The number of fused-ring (bicyclic) bond motifs is 2. The molecule has 0 atom stereocenters. The molecule has 6 heteroatoms. The van der Waals surface area contributed by atoms with Gasteiger partial charge in [0.25, 0.3) is 5.56 Å². The summed E-state index contributed by atoms with van der Waals surface area (Å²) >= 11 is 0. The molecule has 0 unspecified atom stereocenters. The van der Waals surface area contributed by atoms with Gasteiger partial charge in [-0.05, 0) is 35.9 Å². The first kappa shape index (κ1) is 18.0. The second-order valence-electron chi connectivity index (χ2n) is 6.82. The van der Waals surface area contributed by atoms with E-state index in [4.69, 9.17) is 19.2 Å². The molecule has 3 heterocycles. The minimum absolute atomic E-state index is 0.161. The van der Waals surface area contributed by atoms with Gasteiger partial charge in [0, 0.05) is 17.3 Å². The van der Waals surface area contributed by atoms with Crippen molar-refractivity contribution in [2.75, 3.05) is 13.9 Å². The van der Waals surface area contributed by atoms with E-state index in [1.807, 2.05) is 36.4 Å². The van der Waals surface area contributed by atoms with Gasteiger partial charge in [-0.15, -0.1) is 0 Å². The molecule has 0 saturated heterocycles. The van der Waals surface area contributed by atoms with Crippen molar-refractivity contribution < 1.29 is 14.2 Å². The molecule has 0 spiro atoms. The maximum absolute atomic E-state index is 13.5. The summed E-state index contributed by atoms with van der Waals surface area (Å²) in [5.74, 6) is 1.91. The SMILES string of the molecule is C=C(c1ccccc1OC)c1nc2ccccn2c(=O)c1-c1ccc2c(c1)OCO2. The predicted octanol–water partition coefficient (Wildman–Crippen LogP) is 4.16. The van der Waals surface area contributed by atoms with E-state index >= 15 is 0 Å². The Bertz CT molecular complexity index is 1360. The van der Waals surface area contributed by atoms with Crippen LogP contribution in [-0.4, -0.2) is 23.3 Å². The summed E-state index contributed by atoms with van der Waals surface area (Å²) < 4.78 is 18.0. The second-order valence-corrected chi connectivity index (χ2v) is 6.82. The van der Waals surface area contributed by atoms with Crippen molar-refractivity contribution >= 4 is 11.2 Å². The van der Waals surface area contributed by atoms with Crippen LogP contribution in [0.15, 0.2) is 78.2 Å². The molecule has 0 bridgehead atoms. The molecule has 1 aliphatic rings. The number of methoxy groups -OCH3 is 1. The molecule has 6 nitrogen and oxygen atoms in total. The van der Waals surface area contributed by atoms with Crippen molar-refractivity contribution in [2.24, 2.45) is 0 Å². The van der Waals surface area contributed by atoms with Crippen molar-refractivity contribution in [1.82, 2.24) is 9.38 Å². The van der Waals surface area contributed by atoms with Crippen molar-refractivity contribution in [3.8, 4) is 28.4 Å². The van der Waals surface area contributed by atoms with Crippen molar-refractivity contribution in [2.45, 2.75) is 0 Å². The molecule has 148 valence electrons. The standard InChI is InChI=1S/C24H18N2O4/c1-15(17-7-3-4-8-18(17)28-2)23-22(16-10-11-19-20(13-16)30-14-29-19)24(27)26-12-6-5-9-21(26)25-23/h3-13H,1,14H2,2H3. The molecule has 0 amide bonds. The average molecular weight is 398 g/mol. The second kappa shape index (κ2) is 7.08. The molecular weight excluding hydrogens is 380 g/mol. The minimum Gasteiger partial charge on any atom is -0.496 e. The van der Waals surface area contributed by atoms with Gasteiger partial charge in [-0.25, -0.2) is 4.98 Å². The van der Waals surface area contributed by atoms with Crippen molar-refractivity contribution in [3.05, 3.63) is 95.1 Å². The molecule has 4 aromatic rings. The number of rotatable bonds is 4. The number of benzene rings is 2. The number of ether oxygens (including phenoxy) is 3. The molecule has 2 aromatic carbocycles. The monoisotopic (exact) mass is 398 g/mol. The van der Waals surface area contributed by atoms with Crippen LogP contribution < -0.4 is 19.8 Å². The fourth-order valence-electron chi connectivity index (χ4n) is 3.64. The van der Waals surface area contributed by atoms with Crippen LogP contribution in [0.2, 0.25) is 0 Å². The average Bonchev–Trinajstić information content (AvgIpc) is 3.26. The topological polar surface area (TPSA) is 62.1 Å². The molecule has 30 heavy (non-hydrogen) atoms. The molecule has 1 aliphatic heterocycles. The van der Waals surface area contributed by atoms with Crippen LogP contribution in [0.3, 0.4) is 0 Å². The zero-order valence-corrected chi connectivity index (χ0v) is 16.3. The summed E-state index contributed by atoms with van der Waals surface area (Å²) in [5.41, 5.74) is 3.34. The molecule has 5 rings (SSSR count). The van der Waals surface area contributed by atoms with E-state index in [9.17, 15) is 4.79 Å². The molecule has 0 N–H and O–H groups in total. The van der Waals surface area contributed by atoms with E-state index in [2.05, 4.69) is 6.58 Å². The third kappa shape index (κ3) is 2.81. The van der Waals surface area contributed by atoms with Crippen LogP contribution in [0.25, 0.3) is 22.3 Å². The van der Waals surface area contributed by atoms with E-state index in [0.29, 0.717) is 45.3 Å². The summed E-state index contributed by atoms with van der Waals surface area (Å²) in [5, 5.41) is 0. The lowest BCUT2D eigenvalue weighted by Crippen LogP contribution is -2.19. The summed E-state index contributed by atoms with van der Waals surface area (Å²) in [7, 11) is 1.60. The molecular formula is C24H18N2O4. The van der Waals surface area contributed by atoms with Gasteiger partial charge >= 0.3 is 0 Å². The number of nitrogens with zero attached hydrogens (tertiary/aromatic N) is 2. The summed E-state index contributed by atoms with van der Waals surface area (Å²) in [6.45, 7) is 4.43. The third-order valence-corrected chi connectivity index (χ3v) is 5.11. The Kier molecular flexibility index (Phi) is 4.25. The smallest absolute Gasteiger partial charge is 0.266 e. The first-order chi connectivity index (χ1) is 14.7. The Morgan fingerprint density at radius 2 is 1.87 bits per heavy atom. The number of para-hydroxylation sites is 1. The highest BCUT2D eigenvalue weighted by Crippen LogP contribution is 2.38. The van der Waals surface area contributed by atoms with Gasteiger partial charge in [0.15, 0.2) is 11.5 Å². The lowest BCUT2D eigenvalue weighted by atomic mass is 9.96. The Morgan fingerprint density at radius 1 is 1.07 bits per heavy atom. The maximum Gasteiger partial charge on any atom is 0.266 e. The van der Waals surface area contributed by atoms with Gasteiger partial charge < -0.3 is 14.2 Å². The van der Waals surface area contributed by atoms with Crippen LogP contribution in [0.5, 0.6) is 17.2 Å². The summed E-state index contributed by atoms with van der Waals surface area (Å²) in [6.07, 6.45) is 1.71. The molecule has 0 fully saturated rings. The number of aromatic nitrogens is 2. The van der Waals surface area contributed by atoms with Gasteiger partial charge in [0.05, 0.1) is 18.4 Å². The Hall–Kier alpha value is -4.06. The number of hydrogen-bond donors (Lipinski definition) is 0. The zero-order chi connectivity index (χ0) is 20.7. The van der Waals surface area contributed by atoms with Crippen LogP contribution in [0.4, 0.5) is 0 Å². The van der Waals surface area contributed by atoms with Gasteiger partial charge in [-0.1, -0.05) is 36.9 Å². The van der Waals surface area contributed by atoms with Gasteiger partial charge in [-0.3, -0.25) is 9.20 Å². The lowest BCUT2D eigenvalue weighted by Gasteiger charge is -2.15. The first-order valence-corrected chi connectivity index (χ1v) is 9.41. The fourth-order valence-corrected chi connectivity index (χ4v) is 3.64. The quantitative estimate of drug-likeness (QED) is 0.517. The van der Waals surface area contributed by atoms with Crippen LogP contribution in [0, 0.1) is 0 Å². The normalized spacial score (nSPS) is 12.2. The van der Waals surface area contributed by atoms with E-state index < -0.39 is 0 Å². The number of hydrogen-bond acceptors (Lipinski definition) is 5. The van der Waals surface area contributed by atoms with E-state index in [1.165, 1.54) is 4.40 Å². The molecule has 0 radical (unpaired) electrons. The highest BCUT2D eigenvalue weighted by molar-refractivity contribution is 5.88. The summed E-state index contributed by atoms with van der Waals surface area (Å²) in [4.78, 5) is 18.3. The minimum atomic E-state index is -0.189. The third-order valence-electron chi connectivity index (χ3n) is 5.11. The van der Waals surface area contributed by atoms with Gasteiger partial charge in [0.1, 0.15) is 11.4 Å². The van der Waals surface area contributed by atoms with Crippen molar-refractivity contribution in [3.63, 3.8) is 0 Å². The Balaban J connectivity index is 1.80. The van der Waals surface area contributed by atoms with Crippen LogP contribution in [-0.2, 0) is 0 Å². The van der Waals surface area contributed by atoms with Crippen LogP contribution in [0.1, 0.15) is 11.3 Å². The highest BCUT2D eigenvalue weighted by atomic mass is 16.7.